The maximum Gasteiger partial charge on any atom is 0.250 e. The summed E-state index contributed by atoms with van der Waals surface area (Å²) in [5.41, 5.74) is 11.6. The monoisotopic (exact) mass is 262 g/mol. The summed E-state index contributed by atoms with van der Waals surface area (Å²) in [4.78, 5) is 17.7. The summed E-state index contributed by atoms with van der Waals surface area (Å²) < 4.78 is 0. The number of primary amides is 1. The van der Waals surface area contributed by atoms with E-state index in [4.69, 9.17) is 11.5 Å². The molecule has 1 aliphatic rings. The maximum atomic E-state index is 11.0. The van der Waals surface area contributed by atoms with Crippen molar-refractivity contribution < 1.29 is 4.79 Å². The van der Waals surface area contributed by atoms with E-state index >= 15 is 0 Å². The van der Waals surface area contributed by atoms with E-state index in [9.17, 15) is 4.79 Å². The maximum absolute atomic E-state index is 11.0. The van der Waals surface area contributed by atoms with Crippen molar-refractivity contribution in [3.05, 3.63) is 23.9 Å². The lowest BCUT2D eigenvalue weighted by Crippen LogP contribution is -2.41. The Kier molecular flexibility index (Phi) is 4.37. The first-order chi connectivity index (χ1) is 9.11. The van der Waals surface area contributed by atoms with Gasteiger partial charge >= 0.3 is 0 Å². The zero-order chi connectivity index (χ0) is 13.8. The summed E-state index contributed by atoms with van der Waals surface area (Å²) in [5, 5.41) is 0. The highest BCUT2D eigenvalue weighted by atomic mass is 16.1. The van der Waals surface area contributed by atoms with Gasteiger partial charge in [-0.25, -0.2) is 4.98 Å². The first kappa shape index (κ1) is 13.8. The van der Waals surface area contributed by atoms with Crippen molar-refractivity contribution in [1.82, 2.24) is 4.98 Å². The van der Waals surface area contributed by atoms with Gasteiger partial charge in [-0.1, -0.05) is 0 Å². The second-order valence-corrected chi connectivity index (χ2v) is 5.12. The molecule has 1 aromatic heterocycles. The van der Waals surface area contributed by atoms with Crippen molar-refractivity contribution in [2.45, 2.75) is 44.7 Å². The van der Waals surface area contributed by atoms with Crippen LogP contribution in [-0.2, 0) is 0 Å². The number of nitrogens with two attached hydrogens (primary N) is 2. The molecule has 0 unspecified atom stereocenters. The van der Waals surface area contributed by atoms with Crippen molar-refractivity contribution in [2.75, 3.05) is 11.4 Å². The van der Waals surface area contributed by atoms with Crippen LogP contribution >= 0.6 is 0 Å². The molecule has 1 fully saturated rings. The number of nitrogens with zero attached hydrogens (tertiary/aromatic N) is 2. The molecule has 1 heterocycles. The second-order valence-electron chi connectivity index (χ2n) is 5.12. The average molecular weight is 262 g/mol. The van der Waals surface area contributed by atoms with Crippen molar-refractivity contribution >= 4 is 11.7 Å². The lowest BCUT2D eigenvalue weighted by Gasteiger charge is -2.36. The van der Waals surface area contributed by atoms with Gasteiger partial charge in [0, 0.05) is 24.8 Å². The average Bonchev–Trinajstić information content (AvgIpc) is 2.42. The van der Waals surface area contributed by atoms with Gasteiger partial charge < -0.3 is 16.4 Å². The Balaban J connectivity index is 2.10. The molecule has 5 nitrogen and oxygen atoms in total. The number of pyridine rings is 1. The Hall–Kier alpha value is -1.62. The summed E-state index contributed by atoms with van der Waals surface area (Å²) in [5.74, 6) is 0.471. The molecule has 1 aliphatic carbocycles. The third kappa shape index (κ3) is 3.23. The smallest absolute Gasteiger partial charge is 0.250 e. The fourth-order valence-corrected chi connectivity index (χ4v) is 2.72. The molecule has 1 saturated carbocycles. The van der Waals surface area contributed by atoms with E-state index < -0.39 is 5.91 Å². The normalized spacial score (nSPS) is 23.1. The van der Waals surface area contributed by atoms with E-state index in [1.165, 1.54) is 0 Å². The van der Waals surface area contributed by atoms with Gasteiger partial charge in [0.05, 0.1) is 5.56 Å². The molecule has 0 bridgehead atoms. The number of anilines is 1. The van der Waals surface area contributed by atoms with E-state index in [2.05, 4.69) is 16.8 Å². The number of rotatable bonds is 4. The summed E-state index contributed by atoms with van der Waals surface area (Å²) in [7, 11) is 0. The van der Waals surface area contributed by atoms with Crippen LogP contribution < -0.4 is 16.4 Å². The number of aromatic nitrogens is 1. The Bertz CT molecular complexity index is 424. The fraction of sp³-hybridized carbons (Fsp3) is 0.571. The van der Waals surface area contributed by atoms with Crippen LogP contribution in [0.15, 0.2) is 18.3 Å². The highest BCUT2D eigenvalue weighted by Gasteiger charge is 2.24. The van der Waals surface area contributed by atoms with Gasteiger partial charge in [0.25, 0.3) is 0 Å². The topological polar surface area (TPSA) is 85.2 Å². The SMILES string of the molecule is CCN(c1ccc(C(N)=O)cn1)C1CCC(N)CC1. The minimum Gasteiger partial charge on any atom is -0.366 e. The van der Waals surface area contributed by atoms with Crippen molar-refractivity contribution in [3.8, 4) is 0 Å². The minimum atomic E-state index is -0.439. The van der Waals surface area contributed by atoms with Gasteiger partial charge in [-0.05, 0) is 44.7 Å². The Labute approximate surface area is 114 Å². The lowest BCUT2D eigenvalue weighted by atomic mass is 9.90. The van der Waals surface area contributed by atoms with Crippen LogP contribution in [0.4, 0.5) is 5.82 Å². The van der Waals surface area contributed by atoms with Crippen LogP contribution in [-0.4, -0.2) is 29.5 Å². The third-order valence-corrected chi connectivity index (χ3v) is 3.85. The second kappa shape index (κ2) is 6.02. The number of amides is 1. The standard InChI is InChI=1S/C14H22N4O/c1-2-18(12-6-4-11(15)5-7-12)13-8-3-10(9-17-13)14(16)19/h3,8-9,11-12H,2,4-7,15H2,1H3,(H2,16,19). The van der Waals surface area contributed by atoms with Crippen molar-refractivity contribution in [1.29, 1.82) is 0 Å². The lowest BCUT2D eigenvalue weighted by molar-refractivity contribution is 0.1000. The Morgan fingerprint density at radius 3 is 2.53 bits per heavy atom. The van der Waals surface area contributed by atoms with E-state index in [1.807, 2.05) is 6.07 Å². The predicted molar refractivity (Wildman–Crippen MR) is 76.0 cm³/mol. The predicted octanol–water partition coefficient (Wildman–Crippen LogP) is 1.28. The van der Waals surface area contributed by atoms with E-state index in [1.54, 1.807) is 12.3 Å². The summed E-state index contributed by atoms with van der Waals surface area (Å²) in [6, 6.07) is 4.46. The summed E-state index contributed by atoms with van der Waals surface area (Å²) in [6.45, 7) is 3.03. The van der Waals surface area contributed by atoms with Crippen LogP contribution in [0.5, 0.6) is 0 Å². The summed E-state index contributed by atoms with van der Waals surface area (Å²) in [6.07, 6.45) is 5.90. The van der Waals surface area contributed by atoms with Gasteiger partial charge in [-0.15, -0.1) is 0 Å². The zero-order valence-electron chi connectivity index (χ0n) is 11.4. The zero-order valence-corrected chi connectivity index (χ0v) is 11.4. The third-order valence-electron chi connectivity index (χ3n) is 3.85. The molecule has 4 N–H and O–H groups in total. The molecule has 5 heteroatoms. The molecule has 1 amide bonds. The van der Waals surface area contributed by atoms with Crippen molar-refractivity contribution in [3.63, 3.8) is 0 Å². The van der Waals surface area contributed by atoms with Gasteiger partial charge in [0.2, 0.25) is 5.91 Å². The molecule has 19 heavy (non-hydrogen) atoms. The van der Waals surface area contributed by atoms with Crippen LogP contribution in [0.1, 0.15) is 43.0 Å². The largest absolute Gasteiger partial charge is 0.366 e. The van der Waals surface area contributed by atoms with Crippen LogP contribution in [0.25, 0.3) is 0 Å². The van der Waals surface area contributed by atoms with Crippen LogP contribution in [0, 0.1) is 0 Å². The number of hydrogen-bond donors (Lipinski definition) is 2. The van der Waals surface area contributed by atoms with E-state index in [0.717, 1.165) is 38.0 Å². The fourth-order valence-electron chi connectivity index (χ4n) is 2.72. The van der Waals surface area contributed by atoms with Gasteiger partial charge in [-0.2, -0.15) is 0 Å². The first-order valence-corrected chi connectivity index (χ1v) is 6.90. The number of hydrogen-bond acceptors (Lipinski definition) is 4. The Morgan fingerprint density at radius 1 is 1.37 bits per heavy atom. The quantitative estimate of drug-likeness (QED) is 0.856. The van der Waals surface area contributed by atoms with Gasteiger partial charge in [0.1, 0.15) is 5.82 Å². The molecular formula is C14H22N4O. The molecule has 2 rings (SSSR count). The summed E-state index contributed by atoms with van der Waals surface area (Å²) >= 11 is 0. The minimum absolute atomic E-state index is 0.347. The number of carbonyl (C=O) groups excluding carboxylic acids is 1. The molecule has 0 saturated heterocycles. The molecular weight excluding hydrogens is 240 g/mol. The van der Waals surface area contributed by atoms with E-state index in [0.29, 0.717) is 17.6 Å². The highest BCUT2D eigenvalue weighted by molar-refractivity contribution is 5.92. The molecule has 0 aliphatic heterocycles. The van der Waals surface area contributed by atoms with Crippen molar-refractivity contribution in [2.24, 2.45) is 11.5 Å². The van der Waals surface area contributed by atoms with E-state index in [-0.39, 0.29) is 0 Å². The molecule has 0 atom stereocenters. The Morgan fingerprint density at radius 2 is 2.05 bits per heavy atom. The molecule has 0 aromatic carbocycles. The number of carbonyl (C=O) groups is 1. The van der Waals surface area contributed by atoms with Gasteiger partial charge in [0.15, 0.2) is 0 Å². The molecule has 0 spiro atoms. The molecule has 1 aromatic rings. The first-order valence-electron chi connectivity index (χ1n) is 6.90. The highest BCUT2D eigenvalue weighted by Crippen LogP contribution is 2.25. The van der Waals surface area contributed by atoms with Crippen LogP contribution in [0.3, 0.4) is 0 Å². The molecule has 0 radical (unpaired) electrons. The molecule has 104 valence electrons. The van der Waals surface area contributed by atoms with Crippen LogP contribution in [0.2, 0.25) is 0 Å². The van der Waals surface area contributed by atoms with Gasteiger partial charge in [-0.3, -0.25) is 4.79 Å².